The molecule has 3 rings (SSSR count). The largest absolute Gasteiger partial charge is 0.396 e. The zero-order valence-electron chi connectivity index (χ0n) is 18.4. The number of urea groups is 1. The van der Waals surface area contributed by atoms with Crippen molar-refractivity contribution in [1.29, 1.82) is 0 Å². The fourth-order valence-corrected chi connectivity index (χ4v) is 2.95. The molecule has 0 aliphatic rings. The molecule has 2 amide bonds. The van der Waals surface area contributed by atoms with E-state index in [4.69, 9.17) is 5.11 Å². The summed E-state index contributed by atoms with van der Waals surface area (Å²) in [6.07, 6.45) is 5.52. The van der Waals surface area contributed by atoms with Gasteiger partial charge in [-0.2, -0.15) is 5.10 Å². The first-order chi connectivity index (χ1) is 15.5. The van der Waals surface area contributed by atoms with Crippen molar-refractivity contribution >= 4 is 40.0 Å². The molecule has 1 aromatic carbocycles. The molecule has 0 aliphatic carbocycles. The number of hydrazone groups is 1. The number of anilines is 3. The van der Waals surface area contributed by atoms with Crippen LogP contribution in [-0.2, 0) is 0 Å². The van der Waals surface area contributed by atoms with Crippen molar-refractivity contribution in [3.05, 3.63) is 48.4 Å². The van der Waals surface area contributed by atoms with Gasteiger partial charge in [0.2, 0.25) is 0 Å². The monoisotopic (exact) mass is 436 g/mol. The molecule has 0 fully saturated rings. The van der Waals surface area contributed by atoms with E-state index in [1.165, 1.54) is 0 Å². The van der Waals surface area contributed by atoms with Crippen molar-refractivity contribution in [2.75, 3.05) is 23.8 Å². The molecule has 0 unspecified atom stereocenters. The molecule has 0 atom stereocenters. The van der Waals surface area contributed by atoms with Crippen molar-refractivity contribution in [3.8, 4) is 0 Å². The third-order valence-electron chi connectivity index (χ3n) is 4.43. The lowest BCUT2D eigenvalue weighted by Gasteiger charge is -2.16. The molecule has 10 nitrogen and oxygen atoms in total. The van der Waals surface area contributed by atoms with Gasteiger partial charge in [-0.1, -0.05) is 0 Å². The van der Waals surface area contributed by atoms with Gasteiger partial charge in [0.15, 0.2) is 0 Å². The zero-order chi connectivity index (χ0) is 22.9. The van der Waals surface area contributed by atoms with E-state index in [0.29, 0.717) is 24.5 Å². The molecule has 3 aromatic rings. The number of carbonyl (C=O) groups is 1. The van der Waals surface area contributed by atoms with Crippen molar-refractivity contribution in [3.63, 3.8) is 0 Å². The summed E-state index contributed by atoms with van der Waals surface area (Å²) in [6.45, 7) is 6.27. The summed E-state index contributed by atoms with van der Waals surface area (Å²) in [7, 11) is 0. The Bertz CT molecular complexity index is 1100. The van der Waals surface area contributed by atoms with Crippen LogP contribution in [0, 0.1) is 0 Å². The third-order valence-corrected chi connectivity index (χ3v) is 4.43. The highest BCUT2D eigenvalue weighted by molar-refractivity contribution is 6.04. The normalized spacial score (nSPS) is 11.5. The number of carbonyl (C=O) groups excluding carboxylic acids is 1. The lowest BCUT2D eigenvalue weighted by atomic mass is 10.1. The summed E-state index contributed by atoms with van der Waals surface area (Å²) in [5.74, 6) is 0.655. The van der Waals surface area contributed by atoms with Gasteiger partial charge in [0.25, 0.3) is 0 Å². The summed E-state index contributed by atoms with van der Waals surface area (Å²) in [5, 5.41) is 22.3. The van der Waals surface area contributed by atoms with Crippen molar-refractivity contribution in [1.82, 2.24) is 25.7 Å². The molecule has 0 saturated heterocycles. The van der Waals surface area contributed by atoms with Gasteiger partial charge in [0.1, 0.15) is 5.82 Å². The Kier molecular flexibility index (Phi) is 7.87. The lowest BCUT2D eigenvalue weighted by Crippen LogP contribution is -2.33. The van der Waals surface area contributed by atoms with E-state index in [-0.39, 0.29) is 12.6 Å². The first-order valence-corrected chi connectivity index (χ1v) is 10.4. The Morgan fingerprint density at radius 2 is 1.91 bits per heavy atom. The maximum atomic E-state index is 11.8. The standard InChI is InChI=1S/C22H28N8O2/c1-14(2)27-19-12-21(28-16-5-6-18-20(11-16)24-9-8-23-18)26-13-17(19)15(3)29-30-22(32)25-7-4-10-31/h5-6,8-9,11-14,31H,4,7,10H2,1-3H3,(H2,25,30,32)(H2,26,27,28)/b29-15+. The number of hydrogen-bond donors (Lipinski definition) is 5. The minimum atomic E-state index is -0.429. The molecule has 2 heterocycles. The number of hydrogen-bond acceptors (Lipinski definition) is 8. The number of fused-ring (bicyclic) bond motifs is 1. The first kappa shape index (κ1) is 22.9. The van der Waals surface area contributed by atoms with E-state index in [1.54, 1.807) is 25.5 Å². The van der Waals surface area contributed by atoms with Crippen LogP contribution in [0.3, 0.4) is 0 Å². The summed E-state index contributed by atoms with van der Waals surface area (Å²) in [5.41, 5.74) is 7.13. The molecule has 0 bridgehead atoms. The number of pyridine rings is 1. The van der Waals surface area contributed by atoms with Crippen LogP contribution in [0.15, 0.2) is 48.0 Å². The first-order valence-electron chi connectivity index (χ1n) is 10.4. The molecule has 10 heteroatoms. The minimum Gasteiger partial charge on any atom is -0.396 e. The van der Waals surface area contributed by atoms with E-state index >= 15 is 0 Å². The van der Waals surface area contributed by atoms with Gasteiger partial charge < -0.3 is 21.1 Å². The van der Waals surface area contributed by atoms with E-state index in [9.17, 15) is 4.79 Å². The Morgan fingerprint density at radius 3 is 2.66 bits per heavy atom. The smallest absolute Gasteiger partial charge is 0.335 e. The Labute approximate surface area is 186 Å². The van der Waals surface area contributed by atoms with Crippen LogP contribution >= 0.6 is 0 Å². The van der Waals surface area contributed by atoms with Crippen molar-refractivity contribution < 1.29 is 9.90 Å². The van der Waals surface area contributed by atoms with Crippen molar-refractivity contribution in [2.45, 2.75) is 33.2 Å². The number of amides is 2. The van der Waals surface area contributed by atoms with Gasteiger partial charge in [-0.3, -0.25) is 9.97 Å². The lowest BCUT2D eigenvalue weighted by molar-refractivity contribution is 0.238. The SMILES string of the molecule is C/C(=N\NC(=O)NCCCO)c1cnc(Nc2ccc3nccnc3c2)cc1NC(C)C. The number of benzene rings is 1. The van der Waals surface area contributed by atoms with Crippen LogP contribution in [0.5, 0.6) is 0 Å². The number of rotatable bonds is 9. The highest BCUT2D eigenvalue weighted by atomic mass is 16.3. The molecule has 0 aliphatic heterocycles. The molecular formula is C22H28N8O2. The van der Waals surface area contributed by atoms with Gasteiger partial charge in [-0.15, -0.1) is 0 Å². The summed E-state index contributed by atoms with van der Waals surface area (Å²) < 4.78 is 0. The molecule has 0 radical (unpaired) electrons. The van der Waals surface area contributed by atoms with Crippen LogP contribution in [0.25, 0.3) is 11.0 Å². The van der Waals surface area contributed by atoms with E-state index in [0.717, 1.165) is 28.0 Å². The highest BCUT2D eigenvalue weighted by Gasteiger charge is 2.11. The second kappa shape index (κ2) is 11.0. The molecule has 32 heavy (non-hydrogen) atoms. The van der Waals surface area contributed by atoms with Crippen molar-refractivity contribution in [2.24, 2.45) is 5.10 Å². The number of nitrogens with zero attached hydrogens (tertiary/aromatic N) is 4. The molecule has 0 spiro atoms. The summed E-state index contributed by atoms with van der Waals surface area (Å²) >= 11 is 0. The van der Waals surface area contributed by atoms with E-state index < -0.39 is 6.03 Å². The highest BCUT2D eigenvalue weighted by Crippen LogP contribution is 2.24. The predicted molar refractivity (Wildman–Crippen MR) is 126 cm³/mol. The second-order valence-electron chi connectivity index (χ2n) is 7.44. The molecule has 0 saturated carbocycles. The number of aromatic nitrogens is 3. The predicted octanol–water partition coefficient (Wildman–Crippen LogP) is 2.99. The summed E-state index contributed by atoms with van der Waals surface area (Å²) in [6, 6.07) is 7.40. The van der Waals surface area contributed by atoms with Crippen LogP contribution < -0.4 is 21.4 Å². The van der Waals surface area contributed by atoms with E-state index in [2.05, 4.69) is 41.4 Å². The van der Waals surface area contributed by atoms with Gasteiger partial charge in [-0.25, -0.2) is 15.2 Å². The maximum absolute atomic E-state index is 11.8. The third kappa shape index (κ3) is 6.35. The Balaban J connectivity index is 1.78. The number of nitrogens with one attached hydrogen (secondary N) is 4. The molecule has 168 valence electrons. The topological polar surface area (TPSA) is 136 Å². The second-order valence-corrected chi connectivity index (χ2v) is 7.44. The number of aliphatic hydroxyl groups excluding tert-OH is 1. The van der Waals surface area contributed by atoms with Gasteiger partial charge >= 0.3 is 6.03 Å². The quantitative estimate of drug-likeness (QED) is 0.198. The van der Waals surface area contributed by atoms with Gasteiger partial charge in [0, 0.05) is 60.8 Å². The minimum absolute atomic E-state index is 0.0193. The van der Waals surface area contributed by atoms with Gasteiger partial charge in [-0.05, 0) is 45.4 Å². The zero-order valence-corrected chi connectivity index (χ0v) is 18.4. The Hall–Kier alpha value is -3.79. The van der Waals surface area contributed by atoms with Crippen LogP contribution in [0.2, 0.25) is 0 Å². The van der Waals surface area contributed by atoms with Crippen LogP contribution in [0.1, 0.15) is 32.8 Å². The fourth-order valence-electron chi connectivity index (χ4n) is 2.95. The van der Waals surface area contributed by atoms with E-state index in [1.807, 2.05) is 38.1 Å². The molecular weight excluding hydrogens is 408 g/mol. The summed E-state index contributed by atoms with van der Waals surface area (Å²) in [4.78, 5) is 24.9. The molecule has 5 N–H and O–H groups in total. The van der Waals surface area contributed by atoms with Crippen LogP contribution in [0.4, 0.5) is 22.0 Å². The maximum Gasteiger partial charge on any atom is 0.335 e. The van der Waals surface area contributed by atoms with Crippen LogP contribution in [-0.4, -0.2) is 51.0 Å². The Morgan fingerprint density at radius 1 is 1.12 bits per heavy atom. The fraction of sp³-hybridized carbons (Fsp3) is 0.318. The average molecular weight is 437 g/mol. The molecule has 2 aromatic heterocycles. The van der Waals surface area contributed by atoms with Gasteiger partial charge in [0.05, 0.1) is 16.7 Å². The number of aliphatic hydroxyl groups is 1. The average Bonchev–Trinajstić information content (AvgIpc) is 2.77.